The average molecular weight is 491 g/mol. The van der Waals surface area contributed by atoms with E-state index in [1.807, 2.05) is 0 Å². The molecule has 2 aliphatic rings. The quantitative estimate of drug-likeness (QED) is 0.347. The summed E-state index contributed by atoms with van der Waals surface area (Å²) >= 11 is 0. The fourth-order valence-corrected chi connectivity index (χ4v) is 6.45. The topological polar surface area (TPSA) is 35.5 Å². The van der Waals surface area contributed by atoms with Gasteiger partial charge in [-0.15, -0.1) is 0 Å². The highest BCUT2D eigenvalue weighted by Crippen LogP contribution is 2.38. The molecular weight excluding hydrogens is 444 g/mol. The predicted octanol–water partition coefficient (Wildman–Crippen LogP) is 8.84. The maximum absolute atomic E-state index is 12.6. The molecule has 2 aromatic rings. The van der Waals surface area contributed by atoms with E-state index in [-0.39, 0.29) is 12.2 Å². The van der Waals surface area contributed by atoms with Crippen LogP contribution in [-0.2, 0) is 35.2 Å². The summed E-state index contributed by atoms with van der Waals surface area (Å²) in [5, 5.41) is 0. The molecule has 3 heteroatoms. The van der Waals surface area contributed by atoms with Gasteiger partial charge >= 0.3 is 6.16 Å². The van der Waals surface area contributed by atoms with Crippen LogP contribution in [0, 0.1) is 0 Å². The molecule has 2 saturated carbocycles. The van der Waals surface area contributed by atoms with Crippen molar-refractivity contribution in [2.24, 2.45) is 0 Å². The summed E-state index contributed by atoms with van der Waals surface area (Å²) in [5.41, 5.74) is 8.82. The van der Waals surface area contributed by atoms with Crippen LogP contribution in [-0.4, -0.2) is 18.4 Å². The summed E-state index contributed by atoms with van der Waals surface area (Å²) in [6, 6.07) is 14.0. The van der Waals surface area contributed by atoms with Crippen molar-refractivity contribution in [2.45, 2.75) is 129 Å². The molecule has 0 aromatic heterocycles. The molecule has 0 atom stereocenters. The highest BCUT2D eigenvalue weighted by Gasteiger charge is 2.30. The second kappa shape index (κ2) is 12.8. The number of aryl methyl sites for hydroxylation is 4. The Morgan fingerprint density at radius 3 is 1.33 bits per heavy atom. The summed E-state index contributed by atoms with van der Waals surface area (Å²) in [7, 11) is 0. The van der Waals surface area contributed by atoms with E-state index in [0.717, 1.165) is 77.0 Å². The van der Waals surface area contributed by atoms with Crippen LogP contribution in [0.15, 0.2) is 36.4 Å². The number of carbonyl (C=O) groups is 1. The van der Waals surface area contributed by atoms with Crippen molar-refractivity contribution in [3.8, 4) is 0 Å². The standard InChI is InChI=1S/C33H46O3/c1-5-23-9-19-31(25(7-3)21-23)27-11-15-29(16-12-27)35-33(34)36-30-17-13-28(14-18-30)32-20-10-24(6-2)22-26(32)8-4/h9-10,19-22,27-30H,5-8,11-18H2,1-4H3. The van der Waals surface area contributed by atoms with Crippen LogP contribution in [0.25, 0.3) is 0 Å². The number of benzene rings is 2. The average Bonchev–Trinajstić information content (AvgIpc) is 2.93. The third-order valence-corrected chi connectivity index (χ3v) is 8.75. The molecule has 0 saturated heterocycles. The van der Waals surface area contributed by atoms with E-state index in [1.165, 1.54) is 33.4 Å². The van der Waals surface area contributed by atoms with Gasteiger partial charge in [-0.2, -0.15) is 0 Å². The molecule has 2 aromatic carbocycles. The van der Waals surface area contributed by atoms with Crippen molar-refractivity contribution in [1.82, 2.24) is 0 Å². The molecule has 36 heavy (non-hydrogen) atoms. The Balaban J connectivity index is 1.22. The zero-order valence-electron chi connectivity index (χ0n) is 23.0. The summed E-state index contributed by atoms with van der Waals surface area (Å²) in [6.07, 6.45) is 11.9. The SMILES string of the molecule is CCc1ccc(C2CCC(OC(=O)OC3CCC(c4ccc(CC)cc4CC)CC3)CC2)c(CC)c1. The molecule has 2 fully saturated rings. The lowest BCUT2D eigenvalue weighted by Gasteiger charge is -2.32. The van der Waals surface area contributed by atoms with E-state index in [0.29, 0.717) is 11.8 Å². The van der Waals surface area contributed by atoms with Crippen LogP contribution < -0.4 is 0 Å². The van der Waals surface area contributed by atoms with Gasteiger partial charge in [-0.3, -0.25) is 0 Å². The number of hydrogen-bond donors (Lipinski definition) is 0. The van der Waals surface area contributed by atoms with Crippen LogP contribution in [0.1, 0.15) is 124 Å². The van der Waals surface area contributed by atoms with Gasteiger partial charge in [0.15, 0.2) is 0 Å². The summed E-state index contributed by atoms with van der Waals surface area (Å²) in [4.78, 5) is 12.6. The van der Waals surface area contributed by atoms with Crippen LogP contribution in [0.2, 0.25) is 0 Å². The third kappa shape index (κ3) is 6.52. The predicted molar refractivity (Wildman–Crippen MR) is 148 cm³/mol. The van der Waals surface area contributed by atoms with Crippen LogP contribution in [0.3, 0.4) is 0 Å². The van der Waals surface area contributed by atoms with Crippen molar-refractivity contribution in [3.05, 3.63) is 69.8 Å². The van der Waals surface area contributed by atoms with Crippen molar-refractivity contribution in [3.63, 3.8) is 0 Å². The molecule has 196 valence electrons. The first-order chi connectivity index (χ1) is 17.5. The van der Waals surface area contributed by atoms with E-state index >= 15 is 0 Å². The van der Waals surface area contributed by atoms with E-state index in [2.05, 4.69) is 64.1 Å². The Hall–Kier alpha value is -2.29. The first-order valence-corrected chi connectivity index (χ1v) is 14.6. The maximum Gasteiger partial charge on any atom is 0.508 e. The van der Waals surface area contributed by atoms with Gasteiger partial charge in [-0.1, -0.05) is 64.1 Å². The van der Waals surface area contributed by atoms with Gasteiger partial charge in [0, 0.05) is 0 Å². The summed E-state index contributed by atoms with van der Waals surface area (Å²) in [5.74, 6) is 1.16. The molecule has 0 N–H and O–H groups in total. The monoisotopic (exact) mass is 490 g/mol. The minimum Gasteiger partial charge on any atom is -0.431 e. The molecule has 0 spiro atoms. The number of carbonyl (C=O) groups excluding carboxylic acids is 1. The number of hydrogen-bond acceptors (Lipinski definition) is 3. The molecule has 0 heterocycles. The zero-order chi connectivity index (χ0) is 25.5. The van der Waals surface area contributed by atoms with Gasteiger partial charge in [-0.05, 0) is 122 Å². The summed E-state index contributed by atoms with van der Waals surface area (Å²) in [6.45, 7) is 8.94. The lowest BCUT2D eigenvalue weighted by atomic mass is 9.80. The van der Waals surface area contributed by atoms with Gasteiger partial charge < -0.3 is 9.47 Å². The Labute approximate surface area is 219 Å². The summed E-state index contributed by atoms with van der Waals surface area (Å²) < 4.78 is 11.6. The molecule has 3 nitrogen and oxygen atoms in total. The Morgan fingerprint density at radius 1 is 0.611 bits per heavy atom. The Kier molecular flexibility index (Phi) is 9.51. The molecule has 0 aliphatic heterocycles. The highest BCUT2D eigenvalue weighted by molar-refractivity contribution is 5.60. The van der Waals surface area contributed by atoms with Crippen molar-refractivity contribution in [1.29, 1.82) is 0 Å². The second-order valence-electron chi connectivity index (χ2n) is 10.9. The molecular formula is C33H46O3. The van der Waals surface area contributed by atoms with Crippen molar-refractivity contribution in [2.75, 3.05) is 0 Å². The van der Waals surface area contributed by atoms with Gasteiger partial charge in [0.2, 0.25) is 0 Å². The number of rotatable bonds is 8. The second-order valence-corrected chi connectivity index (χ2v) is 10.9. The molecule has 0 amide bonds. The molecule has 0 radical (unpaired) electrons. The molecule has 0 bridgehead atoms. The molecule has 4 rings (SSSR count). The lowest BCUT2D eigenvalue weighted by molar-refractivity contribution is -0.0215. The smallest absolute Gasteiger partial charge is 0.431 e. The molecule has 2 aliphatic carbocycles. The normalized spacial score (nSPS) is 24.3. The maximum atomic E-state index is 12.6. The van der Waals surface area contributed by atoms with Crippen LogP contribution >= 0.6 is 0 Å². The number of ether oxygens (including phenoxy) is 2. The Bertz CT molecular complexity index is 914. The van der Waals surface area contributed by atoms with Gasteiger partial charge in [0.25, 0.3) is 0 Å². The Morgan fingerprint density at radius 2 is 1.00 bits per heavy atom. The first kappa shape index (κ1) is 26.8. The first-order valence-electron chi connectivity index (χ1n) is 14.6. The van der Waals surface area contributed by atoms with Crippen LogP contribution in [0.5, 0.6) is 0 Å². The van der Waals surface area contributed by atoms with Gasteiger partial charge in [0.1, 0.15) is 12.2 Å². The van der Waals surface area contributed by atoms with Gasteiger partial charge in [-0.25, -0.2) is 4.79 Å². The fourth-order valence-electron chi connectivity index (χ4n) is 6.45. The lowest BCUT2D eigenvalue weighted by Crippen LogP contribution is -2.29. The van der Waals surface area contributed by atoms with Crippen molar-refractivity contribution < 1.29 is 14.3 Å². The third-order valence-electron chi connectivity index (χ3n) is 8.75. The van der Waals surface area contributed by atoms with Crippen molar-refractivity contribution >= 4 is 6.16 Å². The zero-order valence-corrected chi connectivity index (χ0v) is 23.0. The highest BCUT2D eigenvalue weighted by atomic mass is 16.7. The van der Waals surface area contributed by atoms with E-state index < -0.39 is 6.16 Å². The van der Waals surface area contributed by atoms with E-state index in [1.54, 1.807) is 0 Å². The minimum atomic E-state index is -0.454. The molecule has 0 unspecified atom stereocenters. The van der Waals surface area contributed by atoms with E-state index in [4.69, 9.17) is 9.47 Å². The minimum absolute atomic E-state index is 0.00530. The van der Waals surface area contributed by atoms with Crippen LogP contribution in [0.4, 0.5) is 4.79 Å². The van der Waals surface area contributed by atoms with E-state index in [9.17, 15) is 4.79 Å². The largest absolute Gasteiger partial charge is 0.508 e. The van der Waals surface area contributed by atoms with Gasteiger partial charge in [0.05, 0.1) is 0 Å². The fraction of sp³-hybridized carbons (Fsp3) is 0.606.